The van der Waals surface area contributed by atoms with E-state index in [4.69, 9.17) is 5.26 Å². The lowest BCUT2D eigenvalue weighted by Crippen LogP contribution is -2.38. The van der Waals surface area contributed by atoms with Crippen molar-refractivity contribution in [3.05, 3.63) is 29.8 Å². The van der Waals surface area contributed by atoms with Gasteiger partial charge in [-0.3, -0.25) is 19.3 Å². The maximum Gasteiger partial charge on any atom is 0.244 e. The molecule has 2 aliphatic rings. The minimum atomic E-state index is -0.407. The topological polar surface area (TPSA) is 90.3 Å². The zero-order chi connectivity index (χ0) is 16.4. The van der Waals surface area contributed by atoms with E-state index in [1.165, 1.54) is 0 Å². The largest absolute Gasteiger partial charge is 0.325 e. The minimum Gasteiger partial charge on any atom is -0.325 e. The van der Waals surface area contributed by atoms with Crippen molar-refractivity contribution in [1.82, 2.24) is 4.90 Å². The lowest BCUT2D eigenvalue weighted by molar-refractivity contribution is -0.142. The van der Waals surface area contributed by atoms with Gasteiger partial charge in [-0.2, -0.15) is 5.26 Å². The summed E-state index contributed by atoms with van der Waals surface area (Å²) in [5.41, 5.74) is 1.03. The molecule has 0 spiro atoms. The Labute approximate surface area is 134 Å². The SMILES string of the molecule is N#Cc1ccc(NC(=O)CN2C(=O)[C@H]3CCCC[C@@H]3C2=O)cc1. The van der Waals surface area contributed by atoms with E-state index in [1.807, 2.05) is 6.07 Å². The molecule has 1 aliphatic carbocycles. The normalized spacial score (nSPS) is 23.3. The predicted molar refractivity (Wildman–Crippen MR) is 82.0 cm³/mol. The molecular formula is C17H17N3O3. The molecule has 118 valence electrons. The molecule has 1 heterocycles. The molecule has 2 atom stereocenters. The van der Waals surface area contributed by atoms with Crippen LogP contribution >= 0.6 is 0 Å². The van der Waals surface area contributed by atoms with Crippen molar-refractivity contribution < 1.29 is 14.4 Å². The Morgan fingerprint density at radius 2 is 1.70 bits per heavy atom. The van der Waals surface area contributed by atoms with Gasteiger partial charge in [-0.1, -0.05) is 12.8 Å². The van der Waals surface area contributed by atoms with Gasteiger partial charge in [-0.05, 0) is 37.1 Å². The van der Waals surface area contributed by atoms with Gasteiger partial charge < -0.3 is 5.32 Å². The molecule has 1 aromatic rings. The maximum atomic E-state index is 12.3. The number of benzene rings is 1. The fraction of sp³-hybridized carbons (Fsp3) is 0.412. The first-order valence-corrected chi connectivity index (χ1v) is 7.75. The van der Waals surface area contributed by atoms with Crippen LogP contribution in [-0.2, 0) is 14.4 Å². The van der Waals surface area contributed by atoms with E-state index in [1.54, 1.807) is 24.3 Å². The van der Waals surface area contributed by atoms with Gasteiger partial charge in [0.25, 0.3) is 0 Å². The van der Waals surface area contributed by atoms with E-state index in [2.05, 4.69) is 5.32 Å². The van der Waals surface area contributed by atoms with Gasteiger partial charge in [0.05, 0.1) is 23.5 Å². The smallest absolute Gasteiger partial charge is 0.244 e. The zero-order valence-corrected chi connectivity index (χ0v) is 12.6. The van der Waals surface area contributed by atoms with Crippen molar-refractivity contribution >= 4 is 23.4 Å². The van der Waals surface area contributed by atoms with Crippen LogP contribution in [0.25, 0.3) is 0 Å². The first-order chi connectivity index (χ1) is 11.1. The van der Waals surface area contributed by atoms with Gasteiger partial charge in [0, 0.05) is 5.69 Å². The van der Waals surface area contributed by atoms with Crippen molar-refractivity contribution in [2.24, 2.45) is 11.8 Å². The second-order valence-corrected chi connectivity index (χ2v) is 6.00. The van der Waals surface area contributed by atoms with Crippen LogP contribution in [0.1, 0.15) is 31.2 Å². The fourth-order valence-electron chi connectivity index (χ4n) is 3.36. The molecule has 1 saturated heterocycles. The highest BCUT2D eigenvalue weighted by atomic mass is 16.2. The van der Waals surface area contributed by atoms with Crippen molar-refractivity contribution in [2.75, 3.05) is 11.9 Å². The Morgan fingerprint density at radius 1 is 1.13 bits per heavy atom. The Kier molecular flexibility index (Phi) is 4.11. The molecule has 2 fully saturated rings. The molecule has 1 saturated carbocycles. The fourth-order valence-corrected chi connectivity index (χ4v) is 3.36. The molecule has 3 rings (SSSR count). The van der Waals surface area contributed by atoms with Crippen LogP contribution in [0.5, 0.6) is 0 Å². The van der Waals surface area contributed by atoms with Crippen LogP contribution in [-0.4, -0.2) is 29.2 Å². The quantitative estimate of drug-likeness (QED) is 0.860. The van der Waals surface area contributed by atoms with Gasteiger partial charge in [0.2, 0.25) is 17.7 Å². The predicted octanol–water partition coefficient (Wildman–Crippen LogP) is 1.67. The number of amides is 3. The van der Waals surface area contributed by atoms with Crippen LogP contribution in [0, 0.1) is 23.2 Å². The highest BCUT2D eigenvalue weighted by molar-refractivity contribution is 6.08. The molecular weight excluding hydrogens is 294 g/mol. The van der Waals surface area contributed by atoms with Gasteiger partial charge in [0.15, 0.2) is 0 Å². The maximum absolute atomic E-state index is 12.3. The Hall–Kier alpha value is -2.68. The standard InChI is InChI=1S/C17H17N3O3/c18-9-11-5-7-12(8-6-11)19-15(21)10-20-16(22)13-3-1-2-4-14(13)17(20)23/h5-8,13-14H,1-4,10H2,(H,19,21)/t13-,14-/m0/s1. The molecule has 6 nitrogen and oxygen atoms in total. The molecule has 0 aromatic heterocycles. The number of nitrogens with zero attached hydrogens (tertiary/aromatic N) is 2. The second-order valence-electron chi connectivity index (χ2n) is 6.00. The van der Waals surface area contributed by atoms with Crippen molar-refractivity contribution in [1.29, 1.82) is 5.26 Å². The summed E-state index contributed by atoms with van der Waals surface area (Å²) in [6.45, 7) is -0.245. The Balaban J connectivity index is 1.64. The first kappa shape index (κ1) is 15.2. The molecule has 0 radical (unpaired) electrons. The van der Waals surface area contributed by atoms with E-state index >= 15 is 0 Å². The first-order valence-electron chi connectivity index (χ1n) is 7.75. The summed E-state index contributed by atoms with van der Waals surface area (Å²) in [6, 6.07) is 8.41. The van der Waals surface area contributed by atoms with Gasteiger partial charge >= 0.3 is 0 Å². The van der Waals surface area contributed by atoms with Crippen molar-refractivity contribution in [3.63, 3.8) is 0 Å². The number of fused-ring (bicyclic) bond motifs is 1. The highest BCUT2D eigenvalue weighted by Gasteiger charge is 2.48. The monoisotopic (exact) mass is 311 g/mol. The van der Waals surface area contributed by atoms with Crippen molar-refractivity contribution in [2.45, 2.75) is 25.7 Å². The summed E-state index contributed by atoms with van der Waals surface area (Å²) < 4.78 is 0. The van der Waals surface area contributed by atoms with Crippen LogP contribution < -0.4 is 5.32 Å². The third-order valence-corrected chi connectivity index (χ3v) is 4.53. The van der Waals surface area contributed by atoms with E-state index < -0.39 is 5.91 Å². The van der Waals surface area contributed by atoms with E-state index in [-0.39, 0.29) is 30.2 Å². The van der Waals surface area contributed by atoms with Gasteiger partial charge in [0.1, 0.15) is 6.54 Å². The zero-order valence-electron chi connectivity index (χ0n) is 12.6. The third-order valence-electron chi connectivity index (χ3n) is 4.53. The third kappa shape index (κ3) is 2.95. The molecule has 1 aliphatic heterocycles. The van der Waals surface area contributed by atoms with E-state index in [9.17, 15) is 14.4 Å². The van der Waals surface area contributed by atoms with E-state index in [0.29, 0.717) is 11.3 Å². The second kappa shape index (κ2) is 6.21. The van der Waals surface area contributed by atoms with Crippen LogP contribution in [0.2, 0.25) is 0 Å². The molecule has 0 unspecified atom stereocenters. The summed E-state index contributed by atoms with van der Waals surface area (Å²) in [4.78, 5) is 37.8. The number of nitrogens with one attached hydrogen (secondary N) is 1. The number of hydrogen-bond donors (Lipinski definition) is 1. The number of hydrogen-bond acceptors (Lipinski definition) is 4. The number of rotatable bonds is 3. The summed E-state index contributed by atoms with van der Waals surface area (Å²) in [6.07, 6.45) is 3.41. The number of likely N-dealkylation sites (tertiary alicyclic amines) is 1. The molecule has 1 aromatic carbocycles. The number of anilines is 1. The number of imide groups is 1. The highest BCUT2D eigenvalue weighted by Crippen LogP contribution is 2.37. The molecule has 6 heteroatoms. The van der Waals surface area contributed by atoms with Crippen LogP contribution in [0.4, 0.5) is 5.69 Å². The summed E-state index contributed by atoms with van der Waals surface area (Å²) in [5, 5.41) is 11.4. The molecule has 3 amide bonds. The number of nitriles is 1. The number of carbonyl (C=O) groups is 3. The van der Waals surface area contributed by atoms with E-state index in [0.717, 1.165) is 30.6 Å². The van der Waals surface area contributed by atoms with Crippen molar-refractivity contribution in [3.8, 4) is 6.07 Å². The minimum absolute atomic E-state index is 0.213. The molecule has 1 N–H and O–H groups in total. The van der Waals surface area contributed by atoms with Gasteiger partial charge in [-0.15, -0.1) is 0 Å². The summed E-state index contributed by atoms with van der Waals surface area (Å²) in [5.74, 6) is -1.31. The summed E-state index contributed by atoms with van der Waals surface area (Å²) in [7, 11) is 0. The van der Waals surface area contributed by atoms with Gasteiger partial charge in [-0.25, -0.2) is 0 Å². The number of carbonyl (C=O) groups excluding carboxylic acids is 3. The van der Waals surface area contributed by atoms with Crippen LogP contribution in [0.3, 0.4) is 0 Å². The summed E-state index contributed by atoms with van der Waals surface area (Å²) >= 11 is 0. The molecule has 0 bridgehead atoms. The molecule has 23 heavy (non-hydrogen) atoms. The van der Waals surface area contributed by atoms with Crippen LogP contribution in [0.15, 0.2) is 24.3 Å². The Morgan fingerprint density at radius 3 is 2.22 bits per heavy atom. The Bertz CT molecular complexity index is 666. The lowest BCUT2D eigenvalue weighted by atomic mass is 9.81. The average molecular weight is 311 g/mol. The average Bonchev–Trinajstić information content (AvgIpc) is 2.81. The lowest BCUT2D eigenvalue weighted by Gasteiger charge is -2.19.